The van der Waals surface area contributed by atoms with Crippen molar-refractivity contribution in [2.45, 2.75) is 18.5 Å². The van der Waals surface area contributed by atoms with Crippen LogP contribution in [0.4, 0.5) is 0 Å². The lowest BCUT2D eigenvalue weighted by atomic mass is 10.2. The number of nitrogens with zero attached hydrogens (tertiary/aromatic N) is 3. The van der Waals surface area contributed by atoms with Crippen LogP contribution in [0.15, 0.2) is 29.4 Å². The maximum absolute atomic E-state index is 10.8. The zero-order valence-corrected chi connectivity index (χ0v) is 12.4. The molecule has 0 bridgehead atoms. The fraction of sp³-hybridized carbons (Fsp3) is 0.357. The average molecular weight is 291 g/mol. The summed E-state index contributed by atoms with van der Waals surface area (Å²) in [5, 5.41) is 9.01. The third kappa shape index (κ3) is 3.60. The van der Waals surface area contributed by atoms with Gasteiger partial charge >= 0.3 is 0 Å². The minimum absolute atomic E-state index is 0.578. The zero-order valence-electron chi connectivity index (χ0n) is 11.6. The van der Waals surface area contributed by atoms with Gasteiger partial charge in [0.1, 0.15) is 11.6 Å². The van der Waals surface area contributed by atoms with E-state index in [2.05, 4.69) is 10.2 Å². The van der Waals surface area contributed by atoms with Gasteiger partial charge in [0.15, 0.2) is 11.4 Å². The van der Waals surface area contributed by atoms with Crippen molar-refractivity contribution in [2.75, 3.05) is 12.4 Å². The molecular formula is C14H17N3O2S. The van der Waals surface area contributed by atoms with Gasteiger partial charge in [-0.3, -0.25) is 4.79 Å². The van der Waals surface area contributed by atoms with Crippen molar-refractivity contribution in [1.29, 1.82) is 0 Å². The Morgan fingerprint density at radius 1 is 1.35 bits per heavy atom. The first-order valence-electron chi connectivity index (χ1n) is 6.38. The molecule has 0 fully saturated rings. The Bertz CT molecular complexity index is 584. The Hall–Kier alpha value is -1.82. The highest BCUT2D eigenvalue weighted by Gasteiger charge is 2.05. The van der Waals surface area contributed by atoms with Crippen molar-refractivity contribution in [1.82, 2.24) is 14.8 Å². The fourth-order valence-electron chi connectivity index (χ4n) is 1.63. The molecule has 2 aromatic rings. The van der Waals surface area contributed by atoms with Gasteiger partial charge in [-0.25, -0.2) is 0 Å². The molecule has 0 atom stereocenters. The molecule has 0 saturated heterocycles. The second kappa shape index (κ2) is 7.09. The molecule has 1 heterocycles. The van der Waals surface area contributed by atoms with Gasteiger partial charge < -0.3 is 9.30 Å². The van der Waals surface area contributed by atoms with Crippen molar-refractivity contribution in [3.05, 3.63) is 35.7 Å². The van der Waals surface area contributed by atoms with Crippen molar-refractivity contribution < 1.29 is 9.53 Å². The van der Waals surface area contributed by atoms with Crippen LogP contribution in [0.2, 0.25) is 0 Å². The van der Waals surface area contributed by atoms with Gasteiger partial charge in [-0.05, 0) is 25.5 Å². The van der Waals surface area contributed by atoms with Gasteiger partial charge in [0.2, 0.25) is 0 Å². The summed E-state index contributed by atoms with van der Waals surface area (Å²) in [6.07, 6.45) is 1.69. The summed E-state index contributed by atoms with van der Waals surface area (Å²) in [5.74, 6) is 2.44. The molecule has 0 saturated carbocycles. The van der Waals surface area contributed by atoms with Crippen LogP contribution in [0.3, 0.4) is 0 Å². The number of para-hydroxylation sites is 1. The largest absolute Gasteiger partial charge is 0.493 e. The predicted octanol–water partition coefficient (Wildman–Crippen LogP) is 2.50. The van der Waals surface area contributed by atoms with Crippen LogP contribution >= 0.6 is 11.8 Å². The molecule has 0 aliphatic heterocycles. The van der Waals surface area contributed by atoms with Crippen LogP contribution in [0.5, 0.6) is 5.75 Å². The van der Waals surface area contributed by atoms with Crippen molar-refractivity contribution in [3.63, 3.8) is 0 Å². The molecule has 106 valence electrons. The van der Waals surface area contributed by atoms with Gasteiger partial charge in [-0.15, -0.1) is 10.2 Å². The molecular weight excluding hydrogens is 274 g/mol. The first kappa shape index (κ1) is 14.6. The minimum atomic E-state index is 0.578. The van der Waals surface area contributed by atoms with E-state index in [0.717, 1.165) is 29.4 Å². The number of hydrogen-bond donors (Lipinski definition) is 0. The van der Waals surface area contributed by atoms with E-state index in [-0.39, 0.29) is 0 Å². The van der Waals surface area contributed by atoms with Crippen molar-refractivity contribution in [3.8, 4) is 5.75 Å². The Morgan fingerprint density at radius 3 is 2.85 bits per heavy atom. The van der Waals surface area contributed by atoms with Gasteiger partial charge in [0.05, 0.1) is 12.2 Å². The van der Waals surface area contributed by atoms with Crippen LogP contribution < -0.4 is 4.74 Å². The van der Waals surface area contributed by atoms with Crippen LogP contribution in [-0.4, -0.2) is 33.4 Å². The second-order valence-corrected chi connectivity index (χ2v) is 5.36. The van der Waals surface area contributed by atoms with E-state index >= 15 is 0 Å². The first-order chi connectivity index (χ1) is 9.72. The summed E-state index contributed by atoms with van der Waals surface area (Å²) in [5.41, 5.74) is 0.587. The monoisotopic (exact) mass is 291 g/mol. The maximum Gasteiger partial charge on any atom is 0.190 e. The van der Waals surface area contributed by atoms with Crippen molar-refractivity contribution >= 4 is 18.0 Å². The number of aromatic nitrogens is 3. The molecule has 0 aliphatic carbocycles. The molecule has 1 aromatic heterocycles. The van der Waals surface area contributed by atoms with Gasteiger partial charge in [-0.1, -0.05) is 23.9 Å². The van der Waals surface area contributed by atoms with Crippen LogP contribution in [-0.2, 0) is 7.05 Å². The Kier molecular flexibility index (Phi) is 5.17. The topological polar surface area (TPSA) is 57.0 Å². The molecule has 0 radical (unpaired) electrons. The number of carbonyl (C=O) groups is 1. The number of thioether (sulfide) groups is 1. The highest BCUT2D eigenvalue weighted by Crippen LogP contribution is 2.18. The number of aryl methyl sites for hydroxylation is 1. The third-order valence-electron chi connectivity index (χ3n) is 2.88. The Balaban J connectivity index is 1.74. The number of benzene rings is 1. The summed E-state index contributed by atoms with van der Waals surface area (Å²) < 4.78 is 7.58. The summed E-state index contributed by atoms with van der Waals surface area (Å²) in [4.78, 5) is 10.8. The van der Waals surface area contributed by atoms with E-state index in [4.69, 9.17) is 4.74 Å². The molecule has 0 amide bonds. The molecule has 2 rings (SSSR count). The van der Waals surface area contributed by atoms with Crippen LogP contribution in [0.25, 0.3) is 0 Å². The number of aldehydes is 1. The van der Waals surface area contributed by atoms with E-state index in [1.54, 1.807) is 17.8 Å². The maximum atomic E-state index is 10.8. The van der Waals surface area contributed by atoms with E-state index in [1.165, 1.54) is 0 Å². The Labute approximate surface area is 122 Å². The van der Waals surface area contributed by atoms with Gasteiger partial charge in [0.25, 0.3) is 0 Å². The molecule has 0 aliphatic rings. The van der Waals surface area contributed by atoms with E-state index < -0.39 is 0 Å². The predicted molar refractivity (Wildman–Crippen MR) is 78.4 cm³/mol. The molecule has 0 N–H and O–H groups in total. The number of rotatable bonds is 7. The molecule has 0 unspecified atom stereocenters. The molecule has 6 heteroatoms. The average Bonchev–Trinajstić information content (AvgIpc) is 2.79. The number of carbonyl (C=O) groups excluding carboxylic acids is 1. The lowest BCUT2D eigenvalue weighted by Gasteiger charge is -2.07. The lowest BCUT2D eigenvalue weighted by Crippen LogP contribution is -2.01. The molecule has 20 heavy (non-hydrogen) atoms. The second-order valence-electron chi connectivity index (χ2n) is 4.29. The summed E-state index contributed by atoms with van der Waals surface area (Å²) in [6.45, 7) is 2.51. The fourth-order valence-corrected chi connectivity index (χ4v) is 2.50. The van der Waals surface area contributed by atoms with E-state index in [9.17, 15) is 4.79 Å². The molecule has 5 nitrogen and oxygen atoms in total. The Morgan fingerprint density at radius 2 is 2.15 bits per heavy atom. The van der Waals surface area contributed by atoms with Crippen LogP contribution in [0, 0.1) is 6.92 Å². The minimum Gasteiger partial charge on any atom is -0.493 e. The third-order valence-corrected chi connectivity index (χ3v) is 3.98. The number of hydrogen-bond acceptors (Lipinski definition) is 5. The lowest BCUT2D eigenvalue weighted by molar-refractivity contribution is 0.111. The SMILES string of the molecule is Cc1nnc(SCCCOc2ccccc2C=O)n1C. The normalized spacial score (nSPS) is 10.5. The zero-order chi connectivity index (χ0) is 14.4. The van der Waals surface area contributed by atoms with E-state index in [0.29, 0.717) is 17.9 Å². The van der Waals surface area contributed by atoms with Crippen molar-refractivity contribution in [2.24, 2.45) is 7.05 Å². The van der Waals surface area contributed by atoms with Gasteiger partial charge in [0, 0.05) is 12.8 Å². The van der Waals surface area contributed by atoms with Crippen LogP contribution in [0.1, 0.15) is 22.6 Å². The van der Waals surface area contributed by atoms with Gasteiger partial charge in [-0.2, -0.15) is 0 Å². The number of ether oxygens (including phenoxy) is 1. The highest BCUT2D eigenvalue weighted by molar-refractivity contribution is 7.99. The quantitative estimate of drug-likeness (QED) is 0.445. The molecule has 1 aromatic carbocycles. The summed E-state index contributed by atoms with van der Waals surface area (Å²) in [6, 6.07) is 7.24. The van der Waals surface area contributed by atoms with E-state index in [1.807, 2.05) is 36.7 Å². The molecule has 0 spiro atoms. The summed E-state index contributed by atoms with van der Waals surface area (Å²) in [7, 11) is 1.95. The summed E-state index contributed by atoms with van der Waals surface area (Å²) >= 11 is 1.65. The first-order valence-corrected chi connectivity index (χ1v) is 7.36. The smallest absolute Gasteiger partial charge is 0.190 e. The highest BCUT2D eigenvalue weighted by atomic mass is 32.2. The standard InChI is InChI=1S/C14H17N3O2S/c1-11-15-16-14(17(11)2)20-9-5-8-19-13-7-4-3-6-12(13)10-18/h3-4,6-7,10H,5,8-9H2,1-2H3.